The van der Waals surface area contributed by atoms with Crippen LogP contribution in [0, 0.1) is 0 Å². The van der Waals surface area contributed by atoms with E-state index in [4.69, 9.17) is 4.42 Å². The molecule has 3 rings (SSSR count). The first kappa shape index (κ1) is 15.0. The number of aromatic nitrogens is 2. The van der Waals surface area contributed by atoms with Gasteiger partial charge in [0.2, 0.25) is 0 Å². The average Bonchev–Trinajstić information content (AvgIpc) is 3.22. The third-order valence-electron chi connectivity index (χ3n) is 2.98. The maximum atomic E-state index is 12.0. The molecule has 0 bridgehead atoms. The van der Waals surface area contributed by atoms with E-state index >= 15 is 0 Å². The van der Waals surface area contributed by atoms with Crippen LogP contribution in [0.15, 0.2) is 57.6 Å². The van der Waals surface area contributed by atoms with Crippen LogP contribution in [0.25, 0.3) is 11.3 Å². The van der Waals surface area contributed by atoms with E-state index in [0.717, 1.165) is 5.56 Å². The summed E-state index contributed by atoms with van der Waals surface area (Å²) in [7, 11) is 0. The minimum atomic E-state index is -0.563. The smallest absolute Gasteiger partial charge is 0.305 e. The Labute approximate surface area is 139 Å². The van der Waals surface area contributed by atoms with Gasteiger partial charge >= 0.3 is 5.91 Å². The molecule has 2 aromatic heterocycles. The average molecular weight is 375 g/mol. The first-order valence-corrected chi connectivity index (χ1v) is 7.39. The lowest BCUT2D eigenvalue weighted by Crippen LogP contribution is -2.41. The Bertz CT molecular complexity index is 841. The predicted molar refractivity (Wildman–Crippen MR) is 85.4 cm³/mol. The molecule has 2 amide bonds. The summed E-state index contributed by atoms with van der Waals surface area (Å²) in [5, 5.41) is 6.70. The van der Waals surface area contributed by atoms with Crippen LogP contribution in [-0.2, 0) is 0 Å². The molecule has 0 saturated heterocycles. The number of H-pyrrole nitrogens is 1. The van der Waals surface area contributed by atoms with E-state index in [2.05, 4.69) is 37.0 Å². The largest absolute Gasteiger partial charge is 0.444 e. The lowest BCUT2D eigenvalue weighted by Gasteiger charge is -2.03. The van der Waals surface area contributed by atoms with Crippen molar-refractivity contribution in [1.82, 2.24) is 21.0 Å². The molecule has 1 aromatic carbocycles. The van der Waals surface area contributed by atoms with Crippen LogP contribution in [0.2, 0.25) is 0 Å². The predicted octanol–water partition coefficient (Wildman–Crippen LogP) is 2.51. The molecule has 0 atom stereocenters. The topological polar surface area (TPSA) is 100 Å². The third kappa shape index (κ3) is 3.49. The van der Waals surface area contributed by atoms with E-state index in [1.807, 2.05) is 30.3 Å². The highest BCUT2D eigenvalue weighted by molar-refractivity contribution is 9.10. The van der Waals surface area contributed by atoms with Gasteiger partial charge in [0.25, 0.3) is 5.91 Å². The van der Waals surface area contributed by atoms with Crippen molar-refractivity contribution in [2.75, 3.05) is 0 Å². The van der Waals surface area contributed by atoms with Crippen molar-refractivity contribution in [3.63, 3.8) is 0 Å². The van der Waals surface area contributed by atoms with Gasteiger partial charge in [0.05, 0.1) is 5.69 Å². The number of hydrazine groups is 1. The number of aromatic amines is 1. The highest BCUT2D eigenvalue weighted by atomic mass is 79.9. The Kier molecular flexibility index (Phi) is 4.24. The number of nitrogens with one attached hydrogen (secondary N) is 3. The maximum Gasteiger partial charge on any atom is 0.305 e. The van der Waals surface area contributed by atoms with E-state index in [0.29, 0.717) is 10.4 Å². The third-order valence-corrected chi connectivity index (χ3v) is 3.40. The quantitative estimate of drug-likeness (QED) is 0.613. The van der Waals surface area contributed by atoms with Crippen molar-refractivity contribution in [3.05, 3.63) is 64.7 Å². The fraction of sp³-hybridized carbons (Fsp3) is 0. The Morgan fingerprint density at radius 3 is 2.48 bits per heavy atom. The first-order chi connectivity index (χ1) is 11.1. The molecule has 0 unspecified atom stereocenters. The molecule has 0 saturated carbocycles. The van der Waals surface area contributed by atoms with Crippen molar-refractivity contribution in [1.29, 1.82) is 0 Å². The number of nitrogens with zero attached hydrogens (tertiary/aromatic N) is 1. The molecule has 0 radical (unpaired) electrons. The molecule has 8 heteroatoms. The molecule has 116 valence electrons. The van der Waals surface area contributed by atoms with Gasteiger partial charge in [-0.25, -0.2) is 0 Å². The SMILES string of the molecule is O=C(NNC(=O)c1ccc(Br)o1)c1cc(-c2ccccc2)n[nH]1. The summed E-state index contributed by atoms with van der Waals surface area (Å²) in [5.41, 5.74) is 6.29. The van der Waals surface area contributed by atoms with E-state index in [-0.39, 0.29) is 11.5 Å². The summed E-state index contributed by atoms with van der Waals surface area (Å²) in [6.07, 6.45) is 0. The van der Waals surface area contributed by atoms with Gasteiger partial charge in [0.15, 0.2) is 10.4 Å². The fourth-order valence-electron chi connectivity index (χ4n) is 1.87. The Morgan fingerprint density at radius 1 is 1.04 bits per heavy atom. The number of benzene rings is 1. The zero-order chi connectivity index (χ0) is 16.2. The molecule has 23 heavy (non-hydrogen) atoms. The van der Waals surface area contributed by atoms with Gasteiger partial charge in [0.1, 0.15) is 5.69 Å². The van der Waals surface area contributed by atoms with E-state index in [1.54, 1.807) is 12.1 Å². The fourth-order valence-corrected chi connectivity index (χ4v) is 2.18. The van der Waals surface area contributed by atoms with Gasteiger partial charge < -0.3 is 4.42 Å². The van der Waals surface area contributed by atoms with Crippen molar-refractivity contribution >= 4 is 27.7 Å². The van der Waals surface area contributed by atoms with Gasteiger partial charge in [-0.05, 0) is 34.1 Å². The van der Waals surface area contributed by atoms with E-state index in [9.17, 15) is 9.59 Å². The molecule has 7 nitrogen and oxygen atoms in total. The number of furan rings is 1. The minimum absolute atomic E-state index is 0.0757. The number of hydrogen-bond donors (Lipinski definition) is 3. The van der Waals surface area contributed by atoms with Crippen LogP contribution in [-0.4, -0.2) is 22.0 Å². The standard InChI is InChI=1S/C15H11BrN4O3/c16-13-7-6-12(23-13)15(22)20-19-14(21)11-8-10(17-18-11)9-4-2-1-3-5-9/h1-8H,(H,17,18)(H,19,21)(H,20,22). The number of halogens is 1. The molecular formula is C15H11BrN4O3. The number of amides is 2. The second-order valence-corrected chi connectivity index (χ2v) is 5.33. The number of carbonyl (C=O) groups is 2. The minimum Gasteiger partial charge on any atom is -0.444 e. The van der Waals surface area contributed by atoms with Crippen molar-refractivity contribution in [2.24, 2.45) is 0 Å². The second kappa shape index (κ2) is 6.49. The summed E-state index contributed by atoms with van der Waals surface area (Å²) in [4.78, 5) is 23.7. The maximum absolute atomic E-state index is 12.0. The van der Waals surface area contributed by atoms with Crippen molar-refractivity contribution in [3.8, 4) is 11.3 Å². The number of carbonyl (C=O) groups excluding carboxylic acids is 2. The van der Waals surface area contributed by atoms with Gasteiger partial charge in [-0.2, -0.15) is 5.10 Å². The van der Waals surface area contributed by atoms with Crippen LogP contribution in [0.3, 0.4) is 0 Å². The summed E-state index contributed by atoms with van der Waals surface area (Å²) in [6, 6.07) is 14.1. The normalized spacial score (nSPS) is 10.3. The van der Waals surface area contributed by atoms with E-state index < -0.39 is 11.8 Å². The molecule has 0 aliphatic heterocycles. The molecule has 0 fully saturated rings. The first-order valence-electron chi connectivity index (χ1n) is 6.60. The van der Waals surface area contributed by atoms with Crippen LogP contribution in [0.4, 0.5) is 0 Å². The van der Waals surface area contributed by atoms with Crippen LogP contribution >= 0.6 is 15.9 Å². The zero-order valence-electron chi connectivity index (χ0n) is 11.7. The lowest BCUT2D eigenvalue weighted by molar-refractivity contribution is 0.0827. The van der Waals surface area contributed by atoms with E-state index in [1.165, 1.54) is 6.07 Å². The van der Waals surface area contributed by atoms with Crippen LogP contribution < -0.4 is 10.9 Å². The molecular weight excluding hydrogens is 364 g/mol. The monoisotopic (exact) mass is 374 g/mol. The molecule has 3 aromatic rings. The van der Waals surface area contributed by atoms with Crippen LogP contribution in [0.5, 0.6) is 0 Å². The van der Waals surface area contributed by atoms with Gasteiger partial charge in [0, 0.05) is 5.56 Å². The molecule has 0 aliphatic carbocycles. The summed E-state index contributed by atoms with van der Waals surface area (Å²) >= 11 is 3.09. The Morgan fingerprint density at radius 2 is 1.78 bits per heavy atom. The molecule has 2 heterocycles. The Balaban J connectivity index is 1.63. The van der Waals surface area contributed by atoms with Gasteiger partial charge in [-0.1, -0.05) is 30.3 Å². The highest BCUT2D eigenvalue weighted by Crippen LogP contribution is 2.16. The summed E-state index contributed by atoms with van der Waals surface area (Å²) < 4.78 is 5.50. The van der Waals surface area contributed by atoms with Gasteiger partial charge in [-0.3, -0.25) is 25.5 Å². The number of hydrogen-bond acceptors (Lipinski definition) is 4. The highest BCUT2D eigenvalue weighted by Gasteiger charge is 2.14. The van der Waals surface area contributed by atoms with Crippen molar-refractivity contribution < 1.29 is 14.0 Å². The van der Waals surface area contributed by atoms with Crippen LogP contribution in [0.1, 0.15) is 21.0 Å². The second-order valence-electron chi connectivity index (χ2n) is 4.54. The lowest BCUT2D eigenvalue weighted by atomic mass is 10.1. The Hall–Kier alpha value is -2.87. The zero-order valence-corrected chi connectivity index (χ0v) is 13.3. The van der Waals surface area contributed by atoms with Crippen molar-refractivity contribution in [2.45, 2.75) is 0 Å². The number of rotatable bonds is 3. The molecule has 0 aliphatic rings. The molecule has 0 spiro atoms. The summed E-state index contributed by atoms with van der Waals surface area (Å²) in [6.45, 7) is 0. The summed E-state index contributed by atoms with van der Waals surface area (Å²) in [5.74, 6) is -1.00. The molecule has 3 N–H and O–H groups in total. The van der Waals surface area contributed by atoms with Gasteiger partial charge in [-0.15, -0.1) is 0 Å².